The van der Waals surface area contributed by atoms with Crippen LogP contribution in [0.1, 0.15) is 16.7 Å². The quantitative estimate of drug-likeness (QED) is 0.596. The van der Waals surface area contributed by atoms with Crippen molar-refractivity contribution in [3.63, 3.8) is 0 Å². The Bertz CT molecular complexity index is 826. The van der Waals surface area contributed by atoms with Gasteiger partial charge in [0.1, 0.15) is 0 Å². The molecule has 0 radical (unpaired) electrons. The van der Waals surface area contributed by atoms with Crippen molar-refractivity contribution in [3.05, 3.63) is 59.2 Å². The summed E-state index contributed by atoms with van der Waals surface area (Å²) in [7, 11) is 0. The van der Waals surface area contributed by atoms with E-state index in [1.165, 1.54) is 22.9 Å². The van der Waals surface area contributed by atoms with Crippen molar-refractivity contribution in [2.45, 2.75) is 25.2 Å². The molecule has 0 bridgehead atoms. The molecule has 26 heavy (non-hydrogen) atoms. The minimum atomic E-state index is -0.437. The summed E-state index contributed by atoms with van der Waals surface area (Å²) < 4.78 is 5.00. The number of ether oxygens (including phenoxy) is 1. The number of hydrogen-bond acceptors (Lipinski definition) is 5. The number of thioether (sulfide) groups is 1. The molecule has 5 nitrogen and oxygen atoms in total. The monoisotopic (exact) mass is 368 g/mol. The fraction of sp³-hybridized carbons (Fsp3) is 0.250. The molecule has 0 aliphatic carbocycles. The van der Waals surface area contributed by atoms with Gasteiger partial charge in [-0.2, -0.15) is 5.26 Å². The van der Waals surface area contributed by atoms with Gasteiger partial charge in [0.05, 0.1) is 18.2 Å². The second kappa shape index (κ2) is 9.64. The average Bonchev–Trinajstić information content (AvgIpc) is 2.63. The lowest BCUT2D eigenvalue weighted by molar-refractivity contribution is -0.144. The number of nitriles is 1. The molecule has 0 aliphatic rings. The molecule has 0 aliphatic heterocycles. The molecule has 2 aromatic rings. The summed E-state index contributed by atoms with van der Waals surface area (Å²) in [6.07, 6.45) is 0.323. The van der Waals surface area contributed by atoms with Gasteiger partial charge in [0.2, 0.25) is 0 Å². The van der Waals surface area contributed by atoms with Crippen molar-refractivity contribution in [3.8, 4) is 6.07 Å². The van der Waals surface area contributed by atoms with Crippen molar-refractivity contribution in [2.75, 3.05) is 17.7 Å². The molecule has 0 unspecified atom stereocenters. The number of rotatable bonds is 7. The molecular weight excluding hydrogens is 348 g/mol. The van der Waals surface area contributed by atoms with Gasteiger partial charge in [-0.3, -0.25) is 9.59 Å². The van der Waals surface area contributed by atoms with E-state index >= 15 is 0 Å². The summed E-state index contributed by atoms with van der Waals surface area (Å²) in [5.41, 5.74) is 3.84. The number of carbonyl (C=O) groups excluding carboxylic acids is 2. The summed E-state index contributed by atoms with van der Waals surface area (Å²) in [6, 6.07) is 15.0. The maximum atomic E-state index is 11.8. The first-order valence-electron chi connectivity index (χ1n) is 8.09. The molecular formula is C20H20N2O3S. The van der Waals surface area contributed by atoms with Crippen molar-refractivity contribution in [1.29, 1.82) is 5.26 Å². The lowest BCUT2D eigenvalue weighted by Gasteiger charge is -2.08. The highest BCUT2D eigenvalue weighted by Gasteiger charge is 2.09. The van der Waals surface area contributed by atoms with Gasteiger partial charge >= 0.3 is 5.97 Å². The van der Waals surface area contributed by atoms with Gasteiger partial charge in [0, 0.05) is 10.6 Å². The van der Waals surface area contributed by atoms with E-state index in [1.807, 2.05) is 32.0 Å². The third kappa shape index (κ3) is 6.26. The first kappa shape index (κ1) is 19.5. The number of nitrogens with zero attached hydrogens (tertiary/aromatic N) is 1. The fourth-order valence-electron chi connectivity index (χ4n) is 2.13. The molecule has 0 heterocycles. The Morgan fingerprint density at radius 3 is 2.50 bits per heavy atom. The fourth-order valence-corrected chi connectivity index (χ4v) is 2.92. The molecule has 0 saturated heterocycles. The van der Waals surface area contributed by atoms with Crippen LogP contribution in [0.15, 0.2) is 47.4 Å². The molecule has 1 N–H and O–H groups in total. The van der Waals surface area contributed by atoms with E-state index in [2.05, 4.69) is 11.4 Å². The summed E-state index contributed by atoms with van der Waals surface area (Å²) >= 11 is 1.38. The average molecular weight is 368 g/mol. The van der Waals surface area contributed by atoms with Crippen LogP contribution in [0.4, 0.5) is 5.69 Å². The number of esters is 1. The Hall–Kier alpha value is -2.78. The highest BCUT2D eigenvalue weighted by molar-refractivity contribution is 8.00. The topological polar surface area (TPSA) is 79.2 Å². The van der Waals surface area contributed by atoms with Crippen LogP contribution in [0.25, 0.3) is 0 Å². The number of nitrogens with one attached hydrogen (secondary N) is 1. The van der Waals surface area contributed by atoms with Gasteiger partial charge in [-0.25, -0.2) is 0 Å². The minimum Gasteiger partial charge on any atom is -0.455 e. The number of anilines is 1. The van der Waals surface area contributed by atoms with Gasteiger partial charge in [-0.05, 0) is 54.8 Å². The molecule has 1 amide bonds. The molecule has 0 atom stereocenters. The molecule has 0 aromatic heterocycles. The zero-order chi connectivity index (χ0) is 18.9. The Kier molecular flexibility index (Phi) is 7.24. The van der Waals surface area contributed by atoms with Crippen LogP contribution in [-0.2, 0) is 20.7 Å². The van der Waals surface area contributed by atoms with Gasteiger partial charge in [-0.1, -0.05) is 18.2 Å². The zero-order valence-electron chi connectivity index (χ0n) is 14.7. The van der Waals surface area contributed by atoms with Crippen LogP contribution in [0.5, 0.6) is 0 Å². The molecule has 6 heteroatoms. The minimum absolute atomic E-state index is 0.151. The van der Waals surface area contributed by atoms with E-state index in [4.69, 9.17) is 10.00 Å². The van der Waals surface area contributed by atoms with Crippen molar-refractivity contribution in [2.24, 2.45) is 0 Å². The summed E-state index contributed by atoms with van der Waals surface area (Å²) in [6.45, 7) is 3.73. The van der Waals surface area contributed by atoms with E-state index in [0.29, 0.717) is 12.1 Å². The Morgan fingerprint density at radius 1 is 1.12 bits per heavy atom. The molecule has 0 fully saturated rings. The van der Waals surface area contributed by atoms with E-state index < -0.39 is 11.9 Å². The molecule has 0 spiro atoms. The number of aryl methyl sites for hydroxylation is 2. The SMILES string of the molecule is Cc1ccc(SCC(=O)OCC(=O)Nc2ccc(CC#N)cc2)cc1C. The second-order valence-corrected chi connectivity index (χ2v) is 6.82. The molecule has 2 rings (SSSR count). The lowest BCUT2D eigenvalue weighted by Crippen LogP contribution is -2.21. The van der Waals surface area contributed by atoms with E-state index in [0.717, 1.165) is 10.5 Å². The van der Waals surface area contributed by atoms with Gasteiger partial charge in [-0.15, -0.1) is 11.8 Å². The van der Waals surface area contributed by atoms with Gasteiger partial charge < -0.3 is 10.1 Å². The normalized spacial score (nSPS) is 10.0. The maximum absolute atomic E-state index is 11.8. The summed E-state index contributed by atoms with van der Waals surface area (Å²) in [5.74, 6) is -0.686. The van der Waals surface area contributed by atoms with Crippen LogP contribution >= 0.6 is 11.8 Å². The smallest absolute Gasteiger partial charge is 0.316 e. The second-order valence-electron chi connectivity index (χ2n) is 5.78. The van der Waals surface area contributed by atoms with Crippen LogP contribution in [-0.4, -0.2) is 24.2 Å². The van der Waals surface area contributed by atoms with Crippen molar-refractivity contribution >= 4 is 29.3 Å². The number of hydrogen-bond donors (Lipinski definition) is 1. The number of benzene rings is 2. The van der Waals surface area contributed by atoms with Crippen LogP contribution < -0.4 is 5.32 Å². The first-order chi connectivity index (χ1) is 12.5. The molecule has 2 aromatic carbocycles. The van der Waals surface area contributed by atoms with E-state index in [1.54, 1.807) is 24.3 Å². The summed E-state index contributed by atoms with van der Waals surface area (Å²) in [4.78, 5) is 24.6. The standard InChI is InChI=1S/C20H20N2O3S/c1-14-3-8-18(11-15(14)2)26-13-20(24)25-12-19(23)22-17-6-4-16(5-7-17)9-10-21/h3-8,11H,9,12-13H2,1-2H3,(H,22,23). The Morgan fingerprint density at radius 2 is 1.85 bits per heavy atom. The lowest BCUT2D eigenvalue weighted by atomic mass is 10.1. The maximum Gasteiger partial charge on any atom is 0.316 e. The predicted molar refractivity (Wildman–Crippen MR) is 102 cm³/mol. The van der Waals surface area contributed by atoms with Crippen LogP contribution in [0.3, 0.4) is 0 Å². The van der Waals surface area contributed by atoms with Crippen LogP contribution in [0, 0.1) is 25.2 Å². The zero-order valence-corrected chi connectivity index (χ0v) is 15.6. The predicted octanol–water partition coefficient (Wildman–Crippen LogP) is 3.64. The van der Waals surface area contributed by atoms with Gasteiger partial charge in [0.15, 0.2) is 6.61 Å². The first-order valence-corrected chi connectivity index (χ1v) is 9.08. The number of carbonyl (C=O) groups is 2. The van der Waals surface area contributed by atoms with E-state index in [9.17, 15) is 9.59 Å². The Balaban J connectivity index is 1.73. The number of amides is 1. The third-order valence-corrected chi connectivity index (χ3v) is 4.69. The molecule has 0 saturated carbocycles. The highest BCUT2D eigenvalue weighted by Crippen LogP contribution is 2.21. The summed E-state index contributed by atoms with van der Waals surface area (Å²) in [5, 5.41) is 11.3. The largest absolute Gasteiger partial charge is 0.455 e. The Labute approximate surface area is 157 Å². The van der Waals surface area contributed by atoms with Crippen molar-refractivity contribution < 1.29 is 14.3 Å². The highest BCUT2D eigenvalue weighted by atomic mass is 32.2. The van der Waals surface area contributed by atoms with Crippen LogP contribution in [0.2, 0.25) is 0 Å². The van der Waals surface area contributed by atoms with E-state index in [-0.39, 0.29) is 12.4 Å². The molecule has 134 valence electrons. The third-order valence-electron chi connectivity index (χ3n) is 3.72. The van der Waals surface area contributed by atoms with Gasteiger partial charge in [0.25, 0.3) is 5.91 Å². The van der Waals surface area contributed by atoms with Crippen molar-refractivity contribution in [1.82, 2.24) is 0 Å².